The second-order valence-corrected chi connectivity index (χ2v) is 8.14. The Hall–Kier alpha value is -1.38. The number of primary amides is 1. The Kier molecular flexibility index (Phi) is 5.49. The van der Waals surface area contributed by atoms with Crippen molar-refractivity contribution in [2.45, 2.75) is 56.1 Å². The molecular weight excluding hydrogens is 318 g/mol. The number of hydrogen-bond acceptors (Lipinski definition) is 4. The topological polar surface area (TPSA) is 106 Å². The molecule has 1 fully saturated rings. The molecular formula is C15H25N3O4S. The highest BCUT2D eigenvalue weighted by Gasteiger charge is 2.34. The van der Waals surface area contributed by atoms with Crippen molar-refractivity contribution in [2.24, 2.45) is 12.8 Å². The highest BCUT2D eigenvalue weighted by atomic mass is 32.2. The van der Waals surface area contributed by atoms with Crippen molar-refractivity contribution in [1.29, 1.82) is 0 Å². The van der Waals surface area contributed by atoms with Crippen LogP contribution in [0, 0.1) is 0 Å². The zero-order chi connectivity index (χ0) is 17.2. The molecule has 0 aromatic carbocycles. The van der Waals surface area contributed by atoms with Crippen molar-refractivity contribution < 1.29 is 18.3 Å². The third-order valence-corrected chi connectivity index (χ3v) is 6.15. The first-order valence-electron chi connectivity index (χ1n) is 7.89. The molecule has 2 rings (SSSR count). The molecule has 1 heterocycles. The van der Waals surface area contributed by atoms with Crippen molar-refractivity contribution in [3.63, 3.8) is 0 Å². The Morgan fingerprint density at radius 1 is 1.43 bits per heavy atom. The zero-order valence-corrected chi connectivity index (χ0v) is 14.4. The summed E-state index contributed by atoms with van der Waals surface area (Å²) in [6.07, 6.45) is 5.30. The smallest absolute Gasteiger partial charge is 0.265 e. The maximum atomic E-state index is 13.0. The lowest BCUT2D eigenvalue weighted by Gasteiger charge is -2.33. The van der Waals surface area contributed by atoms with Gasteiger partial charge in [0.2, 0.25) is 10.0 Å². The van der Waals surface area contributed by atoms with Crippen molar-refractivity contribution in [2.75, 3.05) is 6.54 Å². The minimum atomic E-state index is -3.79. The van der Waals surface area contributed by atoms with Crippen LogP contribution < -0.4 is 5.73 Å². The number of amides is 1. The number of carbonyl (C=O) groups excluding carboxylic acids is 1. The summed E-state index contributed by atoms with van der Waals surface area (Å²) in [7, 11) is -2.20. The molecule has 3 N–H and O–H groups in total. The number of nitrogens with zero attached hydrogens (tertiary/aromatic N) is 2. The number of aryl methyl sites for hydroxylation is 1. The molecule has 1 saturated carbocycles. The molecule has 8 heteroatoms. The molecule has 7 nitrogen and oxygen atoms in total. The van der Waals surface area contributed by atoms with Gasteiger partial charge in [0.15, 0.2) is 0 Å². The van der Waals surface area contributed by atoms with E-state index in [9.17, 15) is 18.3 Å². The molecule has 23 heavy (non-hydrogen) atoms. The first-order valence-corrected chi connectivity index (χ1v) is 9.33. The van der Waals surface area contributed by atoms with Gasteiger partial charge in [0, 0.05) is 25.8 Å². The number of sulfonamides is 1. The summed E-state index contributed by atoms with van der Waals surface area (Å²) in [4.78, 5) is 11.4. The van der Waals surface area contributed by atoms with Crippen LogP contribution in [0.2, 0.25) is 0 Å². The van der Waals surface area contributed by atoms with Crippen molar-refractivity contribution in [3.05, 3.63) is 18.0 Å². The number of rotatable bonds is 6. The van der Waals surface area contributed by atoms with E-state index in [2.05, 4.69) is 0 Å². The van der Waals surface area contributed by atoms with Gasteiger partial charge in [0.1, 0.15) is 10.6 Å². The number of nitrogens with two attached hydrogens (primary N) is 1. The first-order chi connectivity index (χ1) is 10.7. The Morgan fingerprint density at radius 2 is 2.04 bits per heavy atom. The van der Waals surface area contributed by atoms with E-state index in [4.69, 9.17) is 5.73 Å². The summed E-state index contributed by atoms with van der Waals surface area (Å²) in [5.41, 5.74) is 5.41. The molecule has 0 bridgehead atoms. The van der Waals surface area contributed by atoms with E-state index in [1.165, 1.54) is 21.1 Å². The molecule has 1 aromatic heterocycles. The van der Waals surface area contributed by atoms with E-state index in [1.807, 2.05) is 0 Å². The molecule has 0 unspecified atom stereocenters. The van der Waals surface area contributed by atoms with Gasteiger partial charge >= 0.3 is 0 Å². The number of aliphatic hydroxyl groups is 1. The van der Waals surface area contributed by atoms with Crippen LogP contribution in [0.1, 0.15) is 49.5 Å². The van der Waals surface area contributed by atoms with Gasteiger partial charge in [0.25, 0.3) is 5.91 Å². The molecule has 1 aliphatic rings. The summed E-state index contributed by atoms with van der Waals surface area (Å²) in [6.45, 7) is 1.62. The van der Waals surface area contributed by atoms with E-state index in [0.717, 1.165) is 32.1 Å². The lowest BCUT2D eigenvalue weighted by molar-refractivity contribution is 0.0992. The van der Waals surface area contributed by atoms with Crippen LogP contribution in [0.4, 0.5) is 0 Å². The second kappa shape index (κ2) is 7.02. The fourth-order valence-electron chi connectivity index (χ4n) is 3.13. The van der Waals surface area contributed by atoms with Crippen LogP contribution in [0.3, 0.4) is 0 Å². The normalized spacial score (nSPS) is 18.3. The van der Waals surface area contributed by atoms with Gasteiger partial charge in [-0.25, -0.2) is 8.42 Å². The maximum absolute atomic E-state index is 13.0. The Balaban J connectivity index is 2.38. The highest BCUT2D eigenvalue weighted by Crippen LogP contribution is 2.28. The molecule has 0 spiro atoms. The number of aliphatic hydroxyl groups excluding tert-OH is 1. The lowest BCUT2D eigenvalue weighted by Crippen LogP contribution is -2.44. The monoisotopic (exact) mass is 343 g/mol. The van der Waals surface area contributed by atoms with Crippen molar-refractivity contribution in [3.8, 4) is 0 Å². The number of aromatic nitrogens is 1. The van der Waals surface area contributed by atoms with E-state index in [1.54, 1.807) is 14.0 Å². The molecule has 0 saturated heterocycles. The molecule has 1 atom stereocenters. The summed E-state index contributed by atoms with van der Waals surface area (Å²) in [6, 6.07) is 1.19. The fourth-order valence-corrected chi connectivity index (χ4v) is 4.97. The average Bonchev–Trinajstić information content (AvgIpc) is 2.88. The largest absolute Gasteiger partial charge is 0.392 e. The van der Waals surface area contributed by atoms with Gasteiger partial charge in [-0.3, -0.25) is 4.79 Å². The molecule has 0 radical (unpaired) electrons. The average molecular weight is 343 g/mol. The van der Waals surface area contributed by atoms with Crippen LogP contribution in [-0.2, 0) is 17.1 Å². The zero-order valence-electron chi connectivity index (χ0n) is 13.6. The number of hydrogen-bond donors (Lipinski definition) is 2. The Bertz CT molecular complexity index is 660. The standard InChI is InChI=1S/C15H25N3O4S/c1-11(19)9-18(12-6-4-3-5-7-12)23(21,22)13-8-14(15(16)20)17(2)10-13/h8,10-12,19H,3-7,9H2,1-2H3,(H2,16,20)/t11-/m0/s1. The molecule has 1 aliphatic carbocycles. The minimum Gasteiger partial charge on any atom is -0.392 e. The van der Waals surface area contributed by atoms with Gasteiger partial charge in [-0.2, -0.15) is 4.31 Å². The third kappa shape index (κ3) is 3.94. The van der Waals surface area contributed by atoms with Crippen LogP contribution in [0.25, 0.3) is 0 Å². The van der Waals surface area contributed by atoms with Crippen LogP contribution >= 0.6 is 0 Å². The molecule has 1 amide bonds. The summed E-state index contributed by atoms with van der Waals surface area (Å²) >= 11 is 0. The highest BCUT2D eigenvalue weighted by molar-refractivity contribution is 7.89. The quantitative estimate of drug-likeness (QED) is 0.798. The lowest BCUT2D eigenvalue weighted by atomic mass is 9.95. The van der Waals surface area contributed by atoms with Gasteiger partial charge in [0.05, 0.1) is 6.10 Å². The molecule has 130 valence electrons. The molecule has 1 aromatic rings. The van der Waals surface area contributed by atoms with Gasteiger partial charge < -0.3 is 15.4 Å². The van der Waals surface area contributed by atoms with E-state index in [0.29, 0.717) is 0 Å². The van der Waals surface area contributed by atoms with Gasteiger partial charge in [-0.15, -0.1) is 0 Å². The van der Waals surface area contributed by atoms with Crippen molar-refractivity contribution >= 4 is 15.9 Å². The van der Waals surface area contributed by atoms with Gasteiger partial charge in [-0.05, 0) is 25.8 Å². The number of carbonyl (C=O) groups is 1. The minimum absolute atomic E-state index is 0.0417. The second-order valence-electron chi connectivity index (χ2n) is 6.25. The maximum Gasteiger partial charge on any atom is 0.265 e. The predicted octanol–water partition coefficient (Wildman–Crippen LogP) is 0.828. The summed E-state index contributed by atoms with van der Waals surface area (Å²) < 4.78 is 28.8. The molecule has 0 aliphatic heterocycles. The van der Waals surface area contributed by atoms with E-state index >= 15 is 0 Å². The van der Waals surface area contributed by atoms with E-state index in [-0.39, 0.29) is 23.2 Å². The predicted molar refractivity (Wildman–Crippen MR) is 86.4 cm³/mol. The van der Waals surface area contributed by atoms with Crippen LogP contribution in [-0.4, -0.2) is 47.0 Å². The Morgan fingerprint density at radius 3 is 2.52 bits per heavy atom. The van der Waals surface area contributed by atoms with Crippen LogP contribution in [0.5, 0.6) is 0 Å². The SMILES string of the molecule is C[C@H](O)CN(C1CCCCC1)S(=O)(=O)c1cc(C(N)=O)n(C)c1. The van der Waals surface area contributed by atoms with Crippen LogP contribution in [0.15, 0.2) is 17.2 Å². The fraction of sp³-hybridized carbons (Fsp3) is 0.667. The summed E-state index contributed by atoms with van der Waals surface area (Å²) in [5, 5.41) is 9.73. The van der Waals surface area contributed by atoms with E-state index < -0.39 is 22.0 Å². The van der Waals surface area contributed by atoms with Gasteiger partial charge in [-0.1, -0.05) is 19.3 Å². The summed E-state index contributed by atoms with van der Waals surface area (Å²) in [5.74, 6) is -0.673. The Labute approximate surface area is 137 Å². The van der Waals surface area contributed by atoms with Crippen molar-refractivity contribution in [1.82, 2.24) is 8.87 Å². The third-order valence-electron chi connectivity index (χ3n) is 4.27. The first kappa shape index (κ1) is 18.0.